The largest absolute Gasteiger partial charge is 0.494 e. The number of ether oxygens (including phenoxy) is 2. The second kappa shape index (κ2) is 12.0. The predicted molar refractivity (Wildman–Crippen MR) is 138 cm³/mol. The van der Waals surface area contributed by atoms with Crippen LogP contribution in [0.4, 0.5) is 5.69 Å². The van der Waals surface area contributed by atoms with Gasteiger partial charge in [-0.05, 0) is 87.0 Å². The number of nitrogens with one attached hydrogen (secondary N) is 1. The summed E-state index contributed by atoms with van der Waals surface area (Å²) in [6.07, 6.45) is 0.0664. The molecule has 0 atom stereocenters. The summed E-state index contributed by atoms with van der Waals surface area (Å²) in [5.74, 6) is 0.902. The van der Waals surface area contributed by atoms with E-state index >= 15 is 0 Å². The van der Waals surface area contributed by atoms with Gasteiger partial charge in [0.2, 0.25) is 5.91 Å². The molecule has 0 aliphatic rings. The van der Waals surface area contributed by atoms with Gasteiger partial charge in [-0.25, -0.2) is 8.42 Å². The van der Waals surface area contributed by atoms with E-state index in [0.717, 1.165) is 15.6 Å². The van der Waals surface area contributed by atoms with E-state index in [-0.39, 0.29) is 17.5 Å². The Balaban J connectivity index is 1.78. The number of rotatable bonds is 11. The van der Waals surface area contributed by atoms with E-state index in [1.165, 1.54) is 24.3 Å². The lowest BCUT2D eigenvalue weighted by Crippen LogP contribution is -2.40. The average molecular weight is 517 g/mol. The van der Waals surface area contributed by atoms with Gasteiger partial charge in [0.25, 0.3) is 10.0 Å². The Morgan fingerprint density at radius 2 is 1.54 bits per heavy atom. The first-order chi connectivity index (χ1) is 16.7. The number of benzene rings is 3. The van der Waals surface area contributed by atoms with Crippen LogP contribution in [-0.2, 0) is 21.4 Å². The topological polar surface area (TPSA) is 84.9 Å². The third kappa shape index (κ3) is 7.37. The molecule has 0 saturated heterocycles. The molecule has 9 heteroatoms. The van der Waals surface area contributed by atoms with Gasteiger partial charge in [0.15, 0.2) is 0 Å². The van der Waals surface area contributed by atoms with Crippen molar-refractivity contribution in [1.29, 1.82) is 0 Å². The van der Waals surface area contributed by atoms with Crippen LogP contribution in [0.5, 0.6) is 11.5 Å². The molecule has 1 N–H and O–H groups in total. The van der Waals surface area contributed by atoms with E-state index in [1.807, 2.05) is 45.0 Å². The van der Waals surface area contributed by atoms with Gasteiger partial charge in [-0.15, -0.1) is 0 Å². The molecule has 0 saturated carbocycles. The molecule has 186 valence electrons. The van der Waals surface area contributed by atoms with Crippen LogP contribution in [0.1, 0.15) is 26.3 Å². The molecule has 3 rings (SSSR count). The zero-order valence-corrected chi connectivity index (χ0v) is 21.5. The molecule has 0 aliphatic carbocycles. The molecular formula is C26H29ClN2O5S. The van der Waals surface area contributed by atoms with Gasteiger partial charge in [-0.1, -0.05) is 23.7 Å². The monoisotopic (exact) mass is 516 g/mol. The Hall–Kier alpha value is -3.23. The fourth-order valence-corrected chi connectivity index (χ4v) is 4.82. The first kappa shape index (κ1) is 26.4. The molecule has 0 heterocycles. The van der Waals surface area contributed by atoms with Crippen LogP contribution >= 0.6 is 11.6 Å². The number of sulfonamides is 1. The Bertz CT molecular complexity index is 1210. The van der Waals surface area contributed by atoms with Gasteiger partial charge in [0.1, 0.15) is 18.0 Å². The molecule has 0 aliphatic heterocycles. The number of amides is 1. The molecule has 0 bridgehead atoms. The molecule has 7 nitrogen and oxygen atoms in total. The highest BCUT2D eigenvalue weighted by Crippen LogP contribution is 2.26. The van der Waals surface area contributed by atoms with Gasteiger partial charge in [-0.2, -0.15) is 0 Å². The van der Waals surface area contributed by atoms with Crippen molar-refractivity contribution >= 4 is 33.2 Å². The summed E-state index contributed by atoms with van der Waals surface area (Å²) in [6, 6.07) is 19.8. The van der Waals surface area contributed by atoms with Crippen molar-refractivity contribution in [2.45, 2.75) is 38.3 Å². The minimum Gasteiger partial charge on any atom is -0.494 e. The molecule has 0 spiro atoms. The maximum Gasteiger partial charge on any atom is 0.264 e. The summed E-state index contributed by atoms with van der Waals surface area (Å²) in [4.78, 5) is 12.9. The lowest BCUT2D eigenvalue weighted by atomic mass is 10.2. The van der Waals surface area contributed by atoms with E-state index in [0.29, 0.717) is 23.1 Å². The van der Waals surface area contributed by atoms with Crippen molar-refractivity contribution in [3.63, 3.8) is 0 Å². The fourth-order valence-electron chi connectivity index (χ4n) is 3.27. The number of hydrogen-bond acceptors (Lipinski definition) is 5. The molecule has 3 aromatic carbocycles. The fraction of sp³-hybridized carbons (Fsp3) is 0.269. The third-order valence-electron chi connectivity index (χ3n) is 4.91. The van der Waals surface area contributed by atoms with Crippen molar-refractivity contribution in [3.8, 4) is 11.5 Å². The smallest absolute Gasteiger partial charge is 0.264 e. The zero-order valence-electron chi connectivity index (χ0n) is 19.9. The molecule has 0 radical (unpaired) electrons. The Kier molecular flexibility index (Phi) is 9.01. The van der Waals surface area contributed by atoms with E-state index in [2.05, 4.69) is 5.32 Å². The number of carbonyl (C=O) groups excluding carboxylic acids is 1. The van der Waals surface area contributed by atoms with Gasteiger partial charge in [-0.3, -0.25) is 9.10 Å². The second-order valence-corrected chi connectivity index (χ2v) is 10.3. The van der Waals surface area contributed by atoms with E-state index in [1.54, 1.807) is 24.3 Å². The number of anilines is 1. The van der Waals surface area contributed by atoms with E-state index < -0.39 is 22.5 Å². The number of nitrogens with zero attached hydrogens (tertiary/aromatic N) is 1. The lowest BCUT2D eigenvalue weighted by molar-refractivity contribution is -0.119. The van der Waals surface area contributed by atoms with Crippen molar-refractivity contribution in [2.75, 3.05) is 17.5 Å². The van der Waals surface area contributed by atoms with Crippen molar-refractivity contribution in [1.82, 2.24) is 5.32 Å². The maximum absolute atomic E-state index is 13.4. The molecular weight excluding hydrogens is 488 g/mol. The highest BCUT2D eigenvalue weighted by Gasteiger charge is 2.27. The van der Waals surface area contributed by atoms with Crippen LogP contribution in [0.15, 0.2) is 77.7 Å². The van der Waals surface area contributed by atoms with Gasteiger partial charge < -0.3 is 14.8 Å². The molecule has 0 unspecified atom stereocenters. The Morgan fingerprint density at radius 3 is 2.11 bits per heavy atom. The zero-order chi connectivity index (χ0) is 25.4. The quantitative estimate of drug-likeness (QED) is 0.386. The first-order valence-corrected chi connectivity index (χ1v) is 13.0. The Labute approximate surface area is 211 Å². The number of hydrogen-bond donors (Lipinski definition) is 1. The summed E-state index contributed by atoms with van der Waals surface area (Å²) in [5, 5.41) is 3.21. The van der Waals surface area contributed by atoms with Gasteiger partial charge in [0, 0.05) is 11.6 Å². The molecule has 0 fully saturated rings. The Morgan fingerprint density at radius 1 is 0.943 bits per heavy atom. The van der Waals surface area contributed by atoms with Crippen LogP contribution in [0.25, 0.3) is 0 Å². The number of halogens is 1. The summed E-state index contributed by atoms with van der Waals surface area (Å²) in [6.45, 7) is 6.09. The van der Waals surface area contributed by atoms with Crippen molar-refractivity contribution < 1.29 is 22.7 Å². The molecule has 35 heavy (non-hydrogen) atoms. The summed E-state index contributed by atoms with van der Waals surface area (Å²) in [7, 11) is -4.03. The van der Waals surface area contributed by atoms with Crippen LogP contribution in [0.3, 0.4) is 0 Å². The summed E-state index contributed by atoms with van der Waals surface area (Å²) < 4.78 is 39.0. The SMILES string of the molecule is CCOc1ccc(N(CC(=O)NCc2ccc(OC(C)C)cc2)S(=O)(=O)c2ccc(Cl)cc2)cc1. The van der Waals surface area contributed by atoms with Crippen LogP contribution in [0.2, 0.25) is 5.02 Å². The molecule has 3 aromatic rings. The van der Waals surface area contributed by atoms with E-state index in [4.69, 9.17) is 21.1 Å². The normalized spacial score (nSPS) is 11.2. The highest BCUT2D eigenvalue weighted by atomic mass is 35.5. The van der Waals surface area contributed by atoms with E-state index in [9.17, 15) is 13.2 Å². The highest BCUT2D eigenvalue weighted by molar-refractivity contribution is 7.92. The van der Waals surface area contributed by atoms with Gasteiger partial charge >= 0.3 is 0 Å². The van der Waals surface area contributed by atoms with Crippen molar-refractivity contribution in [3.05, 3.63) is 83.4 Å². The average Bonchev–Trinajstić information content (AvgIpc) is 2.83. The maximum atomic E-state index is 13.4. The van der Waals surface area contributed by atoms with Crippen molar-refractivity contribution in [2.24, 2.45) is 0 Å². The summed E-state index contributed by atoms with van der Waals surface area (Å²) in [5.41, 5.74) is 1.20. The van der Waals surface area contributed by atoms with Gasteiger partial charge in [0.05, 0.1) is 23.3 Å². The molecule has 0 aromatic heterocycles. The minimum absolute atomic E-state index is 0.0318. The second-order valence-electron chi connectivity index (χ2n) is 7.98. The standard InChI is InChI=1S/C26H29ClN2O5S/c1-4-33-23-13-9-22(10-14-23)29(35(31,32)25-15-7-21(27)8-16-25)18-26(30)28-17-20-5-11-24(12-6-20)34-19(2)3/h5-16,19H,4,17-18H2,1-3H3,(H,28,30). The number of carbonyl (C=O) groups is 1. The predicted octanol–water partition coefficient (Wildman–Crippen LogP) is 5.04. The third-order valence-corrected chi connectivity index (χ3v) is 6.95. The van der Waals surface area contributed by atoms with Crippen LogP contribution in [0, 0.1) is 0 Å². The minimum atomic E-state index is -4.03. The van der Waals surface area contributed by atoms with Crippen LogP contribution < -0.4 is 19.1 Å². The lowest BCUT2D eigenvalue weighted by Gasteiger charge is -2.24. The van der Waals surface area contributed by atoms with Crippen LogP contribution in [-0.4, -0.2) is 33.6 Å². The molecule has 1 amide bonds. The first-order valence-electron chi connectivity index (χ1n) is 11.2. The summed E-state index contributed by atoms with van der Waals surface area (Å²) >= 11 is 5.93.